The van der Waals surface area contributed by atoms with Gasteiger partial charge in [-0.05, 0) is 36.2 Å². The molecule has 0 aliphatic heterocycles. The smallest absolute Gasteiger partial charge is 0.253 e. The van der Waals surface area contributed by atoms with Gasteiger partial charge in [-0.2, -0.15) is 0 Å². The molecule has 2 N–H and O–H groups in total. The van der Waals surface area contributed by atoms with Crippen molar-refractivity contribution in [3.05, 3.63) is 100 Å². The minimum Gasteiger partial charge on any atom is -0.356 e. The van der Waals surface area contributed by atoms with E-state index in [2.05, 4.69) is 21.7 Å². The van der Waals surface area contributed by atoms with Crippen LogP contribution in [0.15, 0.2) is 78.9 Å². The summed E-state index contributed by atoms with van der Waals surface area (Å²) in [7, 11) is 0. The molecule has 0 aliphatic rings. The summed E-state index contributed by atoms with van der Waals surface area (Å²) in [6, 6.07) is 24.0. The van der Waals surface area contributed by atoms with Crippen molar-refractivity contribution in [3.63, 3.8) is 0 Å². The summed E-state index contributed by atoms with van der Waals surface area (Å²) < 4.78 is 1.18. The van der Waals surface area contributed by atoms with E-state index in [-0.39, 0.29) is 18.2 Å². The van der Waals surface area contributed by atoms with Crippen LogP contribution in [0.1, 0.15) is 39.8 Å². The first-order valence-corrected chi connectivity index (χ1v) is 12.0. The highest BCUT2D eigenvalue weighted by atomic mass is 35.5. The highest BCUT2D eigenvalue weighted by Crippen LogP contribution is 2.23. The molecule has 0 fully saturated rings. The zero-order valence-electron chi connectivity index (χ0n) is 18.0. The number of nitrogens with zero attached hydrogens (tertiary/aromatic N) is 1. The summed E-state index contributed by atoms with van der Waals surface area (Å²) in [6.07, 6.45) is 1.75. The van der Waals surface area contributed by atoms with Gasteiger partial charge < -0.3 is 10.6 Å². The summed E-state index contributed by atoms with van der Waals surface area (Å²) in [5, 5.41) is 7.38. The molecule has 0 unspecified atom stereocenters. The van der Waals surface area contributed by atoms with Gasteiger partial charge in [0.2, 0.25) is 5.91 Å². The molecule has 1 atom stereocenters. The number of aryl methyl sites for hydroxylation is 1. The number of carbonyl (C=O) groups excluding carboxylic acids is 2. The number of carbonyl (C=O) groups is 2. The van der Waals surface area contributed by atoms with Crippen molar-refractivity contribution in [2.75, 3.05) is 6.54 Å². The molecule has 33 heavy (non-hydrogen) atoms. The molecule has 0 bridgehead atoms. The summed E-state index contributed by atoms with van der Waals surface area (Å²) >= 11 is 7.86. The number of aromatic nitrogens is 1. The molecule has 4 aromatic rings. The van der Waals surface area contributed by atoms with Gasteiger partial charge in [-0.3, -0.25) is 9.59 Å². The Hall–Kier alpha value is -3.22. The molecule has 0 saturated carbocycles. The average molecular weight is 478 g/mol. The lowest BCUT2D eigenvalue weighted by Gasteiger charge is -2.19. The number of rotatable bonds is 9. The Bertz CT molecular complexity index is 1210. The first kappa shape index (κ1) is 23.0. The Morgan fingerprint density at radius 2 is 1.67 bits per heavy atom. The van der Waals surface area contributed by atoms with Gasteiger partial charge >= 0.3 is 0 Å². The lowest BCUT2D eigenvalue weighted by molar-refractivity contribution is -0.121. The van der Waals surface area contributed by atoms with Crippen LogP contribution in [0.25, 0.3) is 10.2 Å². The van der Waals surface area contributed by atoms with E-state index in [1.807, 2.05) is 48.5 Å². The number of nitrogens with one attached hydrogen (secondary N) is 2. The standard InChI is InChI=1S/C26H24ClN3O2S/c27-20-12-5-4-11-19(20)26(32)30-22(18-9-2-1-3-10-18)17-24(31)28-16-8-15-25-29-21-13-6-7-14-23(21)33-25/h1-7,9-14,22H,8,15-17H2,(H,28,31)(H,30,32)/t22-/m0/s1. The van der Waals surface area contributed by atoms with Crippen molar-refractivity contribution < 1.29 is 9.59 Å². The maximum absolute atomic E-state index is 12.8. The Labute approximate surface area is 201 Å². The molecular weight excluding hydrogens is 454 g/mol. The molecule has 0 spiro atoms. The fraction of sp³-hybridized carbons (Fsp3) is 0.192. The molecule has 7 heteroatoms. The van der Waals surface area contributed by atoms with Gasteiger partial charge in [0.25, 0.3) is 5.91 Å². The summed E-state index contributed by atoms with van der Waals surface area (Å²) in [4.78, 5) is 30.1. The Balaban J connectivity index is 1.33. The van der Waals surface area contributed by atoms with Crippen molar-refractivity contribution in [1.29, 1.82) is 0 Å². The predicted octanol–water partition coefficient (Wildman–Crippen LogP) is 5.56. The minimum atomic E-state index is -0.459. The number of hydrogen-bond donors (Lipinski definition) is 2. The van der Waals surface area contributed by atoms with Crippen LogP contribution in [0.3, 0.4) is 0 Å². The number of halogens is 1. The second-order valence-corrected chi connectivity index (χ2v) is 9.17. The highest BCUT2D eigenvalue weighted by molar-refractivity contribution is 7.18. The number of thiazole rings is 1. The predicted molar refractivity (Wildman–Crippen MR) is 134 cm³/mol. The maximum atomic E-state index is 12.8. The van der Waals surface area contributed by atoms with Crippen LogP contribution >= 0.6 is 22.9 Å². The van der Waals surface area contributed by atoms with E-state index in [0.717, 1.165) is 28.9 Å². The Morgan fingerprint density at radius 3 is 2.45 bits per heavy atom. The van der Waals surface area contributed by atoms with Crippen molar-refractivity contribution >= 4 is 45.0 Å². The number of hydrogen-bond acceptors (Lipinski definition) is 4. The third-order valence-electron chi connectivity index (χ3n) is 5.24. The summed E-state index contributed by atoms with van der Waals surface area (Å²) in [5.41, 5.74) is 2.26. The molecule has 1 heterocycles. The van der Waals surface area contributed by atoms with E-state index >= 15 is 0 Å². The normalized spacial score (nSPS) is 11.8. The third kappa shape index (κ3) is 6.18. The Kier molecular flexibility index (Phi) is 7.70. The molecule has 0 radical (unpaired) electrons. The number of fused-ring (bicyclic) bond motifs is 1. The van der Waals surface area contributed by atoms with Crippen LogP contribution in [0.4, 0.5) is 0 Å². The third-order valence-corrected chi connectivity index (χ3v) is 6.67. The van der Waals surface area contributed by atoms with Crippen LogP contribution < -0.4 is 10.6 Å². The van der Waals surface area contributed by atoms with Crippen molar-refractivity contribution in [2.24, 2.45) is 0 Å². The van der Waals surface area contributed by atoms with Gasteiger partial charge in [-0.25, -0.2) is 4.98 Å². The molecule has 3 aromatic carbocycles. The monoisotopic (exact) mass is 477 g/mol. The van der Waals surface area contributed by atoms with Crippen molar-refractivity contribution in [2.45, 2.75) is 25.3 Å². The van der Waals surface area contributed by atoms with Crippen molar-refractivity contribution in [3.8, 4) is 0 Å². The molecule has 4 rings (SSSR count). The topological polar surface area (TPSA) is 71.1 Å². The highest BCUT2D eigenvalue weighted by Gasteiger charge is 2.20. The quantitative estimate of drug-likeness (QED) is 0.310. The van der Waals surface area contributed by atoms with E-state index in [1.54, 1.807) is 35.6 Å². The van der Waals surface area contributed by atoms with Crippen LogP contribution in [-0.4, -0.2) is 23.3 Å². The lowest BCUT2D eigenvalue weighted by atomic mass is 10.0. The van der Waals surface area contributed by atoms with Gasteiger partial charge in [0.1, 0.15) is 0 Å². The summed E-state index contributed by atoms with van der Waals surface area (Å²) in [6.45, 7) is 0.550. The summed E-state index contributed by atoms with van der Waals surface area (Å²) in [5.74, 6) is -0.425. The van der Waals surface area contributed by atoms with Crippen LogP contribution in [0, 0.1) is 0 Å². The zero-order chi connectivity index (χ0) is 23.0. The van der Waals surface area contributed by atoms with Gasteiger partial charge in [0.05, 0.1) is 38.3 Å². The van der Waals surface area contributed by atoms with Gasteiger partial charge in [0, 0.05) is 13.0 Å². The first-order valence-electron chi connectivity index (χ1n) is 10.8. The Morgan fingerprint density at radius 1 is 0.939 bits per heavy atom. The number of para-hydroxylation sites is 1. The SMILES string of the molecule is O=C(C[C@H](NC(=O)c1ccccc1Cl)c1ccccc1)NCCCc1nc2ccccc2s1. The lowest BCUT2D eigenvalue weighted by Crippen LogP contribution is -2.34. The maximum Gasteiger partial charge on any atom is 0.253 e. The second kappa shape index (κ2) is 11.1. The molecular formula is C26H24ClN3O2S. The molecule has 0 saturated heterocycles. The fourth-order valence-electron chi connectivity index (χ4n) is 3.57. The molecule has 0 aliphatic carbocycles. The molecule has 5 nitrogen and oxygen atoms in total. The van der Waals surface area contributed by atoms with E-state index in [0.29, 0.717) is 17.1 Å². The first-order chi connectivity index (χ1) is 16.1. The van der Waals surface area contributed by atoms with Gasteiger partial charge in [-0.1, -0.05) is 66.2 Å². The van der Waals surface area contributed by atoms with Crippen LogP contribution in [-0.2, 0) is 11.2 Å². The fourth-order valence-corrected chi connectivity index (χ4v) is 4.80. The molecule has 168 valence electrons. The second-order valence-electron chi connectivity index (χ2n) is 7.65. The molecule has 2 amide bonds. The van der Waals surface area contributed by atoms with E-state index in [1.165, 1.54) is 4.70 Å². The average Bonchev–Trinajstić information content (AvgIpc) is 3.25. The van der Waals surface area contributed by atoms with Crippen LogP contribution in [0.2, 0.25) is 5.02 Å². The van der Waals surface area contributed by atoms with Crippen molar-refractivity contribution in [1.82, 2.24) is 15.6 Å². The van der Waals surface area contributed by atoms with Crippen LogP contribution in [0.5, 0.6) is 0 Å². The van der Waals surface area contributed by atoms with E-state index < -0.39 is 6.04 Å². The molecule has 1 aromatic heterocycles. The minimum absolute atomic E-state index is 0.118. The largest absolute Gasteiger partial charge is 0.356 e. The number of benzene rings is 3. The zero-order valence-corrected chi connectivity index (χ0v) is 19.5. The van der Waals surface area contributed by atoms with E-state index in [4.69, 9.17) is 11.6 Å². The van der Waals surface area contributed by atoms with E-state index in [9.17, 15) is 9.59 Å². The number of amides is 2. The van der Waals surface area contributed by atoms with Gasteiger partial charge in [0.15, 0.2) is 0 Å². The van der Waals surface area contributed by atoms with Gasteiger partial charge in [-0.15, -0.1) is 11.3 Å².